The number of aliphatic hydroxyl groups excluding tert-OH is 5. The Bertz CT molecular complexity index is 1720. The zero-order valence-corrected chi connectivity index (χ0v) is 59.6. The van der Waals surface area contributed by atoms with Gasteiger partial charge in [-0.1, -0.05) is 369 Å². The maximum atomic E-state index is 13.2. The third-order valence-corrected chi connectivity index (χ3v) is 18.4. The molecule has 6 N–H and O–H groups in total. The van der Waals surface area contributed by atoms with Gasteiger partial charge in [-0.25, -0.2) is 0 Å². The molecule has 1 aliphatic heterocycles. The molecule has 9 nitrogen and oxygen atoms in total. The molecule has 0 aliphatic carbocycles. The highest BCUT2D eigenvalue weighted by atomic mass is 16.7. The van der Waals surface area contributed by atoms with Crippen molar-refractivity contribution in [3.8, 4) is 0 Å². The number of unbranched alkanes of at least 4 members (excludes halogenated alkanes) is 47. The smallest absolute Gasteiger partial charge is 0.220 e. The molecular weight excluding hydrogens is 1130 g/mol. The van der Waals surface area contributed by atoms with Gasteiger partial charge < -0.3 is 40.3 Å². The molecule has 7 unspecified atom stereocenters. The summed E-state index contributed by atoms with van der Waals surface area (Å²) >= 11 is 0. The van der Waals surface area contributed by atoms with Crippen LogP contribution in [0.4, 0.5) is 0 Å². The van der Waals surface area contributed by atoms with Crippen molar-refractivity contribution in [3.05, 3.63) is 85.1 Å². The standard InChI is InChI=1S/C82H149NO8/c1-3-5-7-9-11-13-15-17-19-21-23-25-27-29-31-33-35-36-37-38-39-40-42-44-46-48-50-52-54-56-58-60-62-64-66-68-70-72-78(86)83-75(74-90-82-81(89)80(88)79(87)77(73-84)91-82)76(85)71-69-67-65-63-61-59-57-55-53-51-49-47-45-43-41-34-32-30-28-26-24-22-20-18-16-14-12-10-8-6-4-2/h5,7,11,13,17,19,23,25,53,55,61,63,69,71,75-77,79-82,84-85,87-89H,3-4,6,8-10,12,14-16,18,20-22,24,26-52,54,56-60,62,64-68,70,72-74H2,1-2H3,(H,83,86)/b7-5-,13-11-,19-17-,25-23-,55-53+,63-61+,71-69+. The Balaban J connectivity index is 2.10. The number of carbonyl (C=O) groups is 1. The molecule has 0 bridgehead atoms. The van der Waals surface area contributed by atoms with E-state index in [1.807, 2.05) is 6.08 Å². The van der Waals surface area contributed by atoms with Crippen LogP contribution in [0.2, 0.25) is 0 Å². The highest BCUT2D eigenvalue weighted by Crippen LogP contribution is 2.24. The molecule has 91 heavy (non-hydrogen) atoms. The summed E-state index contributed by atoms with van der Waals surface area (Å²) in [4.78, 5) is 13.2. The van der Waals surface area contributed by atoms with Crippen LogP contribution >= 0.6 is 0 Å². The second-order valence-corrected chi connectivity index (χ2v) is 27.1. The molecule has 0 spiro atoms. The summed E-state index contributed by atoms with van der Waals surface area (Å²) in [5.41, 5.74) is 0. The van der Waals surface area contributed by atoms with Crippen LogP contribution in [0.25, 0.3) is 0 Å². The van der Waals surface area contributed by atoms with Crippen LogP contribution in [0.15, 0.2) is 85.1 Å². The summed E-state index contributed by atoms with van der Waals surface area (Å²) in [7, 11) is 0. The molecule has 0 radical (unpaired) electrons. The fourth-order valence-electron chi connectivity index (χ4n) is 12.4. The number of nitrogens with one attached hydrogen (secondary N) is 1. The highest BCUT2D eigenvalue weighted by Gasteiger charge is 2.44. The molecule has 1 amide bonds. The first-order valence-electron chi connectivity index (χ1n) is 39.3. The average molecular weight is 1280 g/mol. The van der Waals surface area contributed by atoms with Crippen molar-refractivity contribution < 1.29 is 39.8 Å². The number of hydrogen-bond donors (Lipinski definition) is 6. The maximum absolute atomic E-state index is 13.2. The second-order valence-electron chi connectivity index (χ2n) is 27.1. The Morgan fingerprint density at radius 1 is 0.385 bits per heavy atom. The van der Waals surface area contributed by atoms with Gasteiger partial charge in [-0.3, -0.25) is 4.79 Å². The minimum absolute atomic E-state index is 0.185. The van der Waals surface area contributed by atoms with E-state index in [9.17, 15) is 30.3 Å². The molecule has 0 aromatic carbocycles. The van der Waals surface area contributed by atoms with Gasteiger partial charge in [0, 0.05) is 6.42 Å². The van der Waals surface area contributed by atoms with Gasteiger partial charge in [-0.2, -0.15) is 0 Å². The van der Waals surface area contributed by atoms with Crippen LogP contribution in [0.5, 0.6) is 0 Å². The molecule has 1 saturated heterocycles. The topological polar surface area (TPSA) is 149 Å². The number of allylic oxidation sites excluding steroid dienone is 13. The molecular formula is C82H149NO8. The fraction of sp³-hybridized carbons (Fsp3) is 0.817. The molecule has 530 valence electrons. The highest BCUT2D eigenvalue weighted by molar-refractivity contribution is 5.76. The predicted octanol–water partition coefficient (Wildman–Crippen LogP) is 22.4. The first kappa shape index (κ1) is 86.4. The van der Waals surface area contributed by atoms with Gasteiger partial charge in [0.1, 0.15) is 24.4 Å². The van der Waals surface area contributed by atoms with Crippen molar-refractivity contribution in [3.63, 3.8) is 0 Å². The normalized spacial score (nSPS) is 18.2. The number of carbonyl (C=O) groups excluding carboxylic acids is 1. The van der Waals surface area contributed by atoms with E-state index in [4.69, 9.17) is 9.47 Å². The van der Waals surface area contributed by atoms with Crippen molar-refractivity contribution >= 4 is 5.91 Å². The van der Waals surface area contributed by atoms with Crippen molar-refractivity contribution in [1.29, 1.82) is 0 Å². The number of rotatable bonds is 69. The molecule has 1 fully saturated rings. The average Bonchev–Trinajstić information content (AvgIpc) is 1.70. The third-order valence-electron chi connectivity index (χ3n) is 18.4. The van der Waals surface area contributed by atoms with Gasteiger partial charge in [-0.15, -0.1) is 0 Å². The van der Waals surface area contributed by atoms with E-state index in [2.05, 4.69) is 92.1 Å². The van der Waals surface area contributed by atoms with E-state index in [0.29, 0.717) is 6.42 Å². The molecule has 1 heterocycles. The molecule has 0 aromatic rings. The quantitative estimate of drug-likeness (QED) is 0.0261. The van der Waals surface area contributed by atoms with Crippen LogP contribution in [0.1, 0.15) is 373 Å². The van der Waals surface area contributed by atoms with Crippen LogP contribution < -0.4 is 5.32 Å². The van der Waals surface area contributed by atoms with E-state index >= 15 is 0 Å². The summed E-state index contributed by atoms with van der Waals surface area (Å²) in [6.07, 6.45) is 94.5. The molecule has 1 aliphatic rings. The number of aliphatic hydroxyl groups is 5. The first-order valence-corrected chi connectivity index (χ1v) is 39.3. The van der Waals surface area contributed by atoms with E-state index in [0.717, 1.165) is 70.6 Å². The zero-order chi connectivity index (χ0) is 65.7. The largest absolute Gasteiger partial charge is 0.394 e. The van der Waals surface area contributed by atoms with E-state index in [1.54, 1.807) is 6.08 Å². The fourth-order valence-corrected chi connectivity index (χ4v) is 12.4. The van der Waals surface area contributed by atoms with E-state index in [1.165, 1.54) is 283 Å². The summed E-state index contributed by atoms with van der Waals surface area (Å²) in [6.45, 7) is 3.69. The first-order chi connectivity index (χ1) is 44.8. The van der Waals surface area contributed by atoms with Gasteiger partial charge in [0.2, 0.25) is 5.91 Å². The number of hydrogen-bond acceptors (Lipinski definition) is 8. The SMILES string of the molecule is CC/C=C\C/C=C\C/C=C\C/C=C\CCCCCCCCCCCCCCCCCCCCCCCCCCC(=O)NC(COC1OC(CO)C(O)C(O)C1O)C(O)/C=C/CC/C=C/CC/C=C/CCCCCCCCCCCCCCCCCCCCCCC. The molecule has 9 heteroatoms. The summed E-state index contributed by atoms with van der Waals surface area (Å²) in [5, 5.41) is 54.9. The Morgan fingerprint density at radius 2 is 0.692 bits per heavy atom. The Morgan fingerprint density at radius 3 is 1.05 bits per heavy atom. The van der Waals surface area contributed by atoms with E-state index < -0.39 is 49.5 Å². The Hall–Kier alpha value is -2.63. The Kier molecular flexibility index (Phi) is 66.6. The molecule has 0 aromatic heterocycles. The van der Waals surface area contributed by atoms with Gasteiger partial charge in [0.05, 0.1) is 25.4 Å². The lowest BCUT2D eigenvalue weighted by Gasteiger charge is -2.40. The number of amides is 1. The zero-order valence-electron chi connectivity index (χ0n) is 59.6. The lowest BCUT2D eigenvalue weighted by atomic mass is 9.99. The minimum Gasteiger partial charge on any atom is -0.394 e. The monoisotopic (exact) mass is 1280 g/mol. The molecule has 0 saturated carbocycles. The minimum atomic E-state index is -1.58. The summed E-state index contributed by atoms with van der Waals surface area (Å²) in [6, 6.07) is -0.832. The van der Waals surface area contributed by atoms with Crippen molar-refractivity contribution in [2.24, 2.45) is 0 Å². The van der Waals surface area contributed by atoms with E-state index in [-0.39, 0.29) is 12.5 Å². The van der Waals surface area contributed by atoms with Gasteiger partial charge in [0.25, 0.3) is 0 Å². The Labute approximate surface area is 562 Å². The van der Waals surface area contributed by atoms with Gasteiger partial charge in [-0.05, 0) is 83.5 Å². The van der Waals surface area contributed by atoms with Gasteiger partial charge >= 0.3 is 0 Å². The molecule has 1 rings (SSSR count). The summed E-state index contributed by atoms with van der Waals surface area (Å²) < 4.78 is 11.3. The summed E-state index contributed by atoms with van der Waals surface area (Å²) in [5.74, 6) is -0.185. The van der Waals surface area contributed by atoms with Crippen molar-refractivity contribution in [2.45, 2.75) is 416 Å². The lowest BCUT2D eigenvalue weighted by molar-refractivity contribution is -0.302. The van der Waals surface area contributed by atoms with Gasteiger partial charge in [0.15, 0.2) is 6.29 Å². The second kappa shape index (κ2) is 70.2. The molecule has 7 atom stereocenters. The third kappa shape index (κ3) is 58.5. The van der Waals surface area contributed by atoms with Crippen LogP contribution in [-0.2, 0) is 14.3 Å². The number of ether oxygens (including phenoxy) is 2. The van der Waals surface area contributed by atoms with Crippen LogP contribution in [0, 0.1) is 0 Å². The van der Waals surface area contributed by atoms with Crippen molar-refractivity contribution in [2.75, 3.05) is 13.2 Å². The maximum Gasteiger partial charge on any atom is 0.220 e. The van der Waals surface area contributed by atoms with Crippen molar-refractivity contribution in [1.82, 2.24) is 5.32 Å². The predicted molar refractivity (Wildman–Crippen MR) is 392 cm³/mol. The lowest BCUT2D eigenvalue weighted by Crippen LogP contribution is -2.60. The van der Waals surface area contributed by atoms with Crippen LogP contribution in [-0.4, -0.2) is 87.5 Å². The van der Waals surface area contributed by atoms with Crippen LogP contribution in [0.3, 0.4) is 0 Å².